The Morgan fingerprint density at radius 3 is 0.800 bits per heavy atom. The zero-order valence-electron chi connectivity index (χ0n) is 1.83. The van der Waals surface area contributed by atoms with Crippen molar-refractivity contribution in [2.45, 2.75) is 0 Å². The summed E-state index contributed by atoms with van der Waals surface area (Å²) >= 11 is -2.81. The molecule has 0 spiro atoms. The van der Waals surface area contributed by atoms with E-state index in [1.165, 1.54) is 0 Å². The van der Waals surface area contributed by atoms with Crippen molar-refractivity contribution in [3.05, 3.63) is 0 Å². The molecule has 0 aliphatic rings. The second-order valence-electron chi connectivity index (χ2n) is 0.271. The fourth-order valence-electron chi connectivity index (χ4n) is 0. The molecule has 0 aliphatic heterocycles. The molecule has 5 heteroatoms. The van der Waals surface area contributed by atoms with Crippen LogP contribution in [0.15, 0.2) is 0 Å². The minimum atomic E-state index is -2.81. The van der Waals surface area contributed by atoms with Crippen LogP contribution in [0.5, 0.6) is 0 Å². The Bertz CT molecular complexity index is 19.1. The van der Waals surface area contributed by atoms with E-state index in [1.807, 2.05) is 0 Å². The van der Waals surface area contributed by atoms with E-state index in [2.05, 4.69) is 0 Å². The second kappa shape index (κ2) is 2.21. The summed E-state index contributed by atoms with van der Waals surface area (Å²) < 4.78 is 0. The zero-order chi connectivity index (χ0) is 4.50. The molecule has 0 aliphatic carbocycles. The Balaban J connectivity index is 3.02. The van der Waals surface area contributed by atoms with E-state index in [0.29, 0.717) is 0 Å². The van der Waals surface area contributed by atoms with Gasteiger partial charge in [-0.1, -0.05) is 0 Å². The summed E-state index contributed by atoms with van der Waals surface area (Å²) in [5.41, 5.74) is 0. The molecule has 5 heavy (non-hydrogen) atoms. The topological polar surface area (TPSA) is 0 Å². The molecule has 0 atom stereocenters. The van der Waals surface area contributed by atoms with Crippen molar-refractivity contribution < 1.29 is 11.5 Å². The van der Waals surface area contributed by atoms with Gasteiger partial charge in [-0.05, 0) is 0 Å². The Morgan fingerprint density at radius 2 is 0.800 bits per heavy atom. The van der Waals surface area contributed by atoms with E-state index in [1.54, 1.807) is 0 Å². The van der Waals surface area contributed by atoms with E-state index in [4.69, 9.17) is 38.1 Å². The number of halogens is 4. The second-order valence-corrected chi connectivity index (χ2v) is 14.4. The van der Waals surface area contributed by atoms with Crippen LogP contribution in [0.4, 0.5) is 0 Å². The SMILES string of the molecule is [Cl][Pd-2]([Cl])([Cl])[Cl]. The molecule has 0 aromatic rings. The fourth-order valence-corrected chi connectivity index (χ4v) is 0. The monoisotopic (exact) mass is 246 g/mol. The van der Waals surface area contributed by atoms with Gasteiger partial charge in [0.2, 0.25) is 0 Å². The molecule has 0 amide bonds. The van der Waals surface area contributed by atoms with Gasteiger partial charge >= 0.3 is 49.6 Å². The summed E-state index contributed by atoms with van der Waals surface area (Å²) in [4.78, 5) is 0. The van der Waals surface area contributed by atoms with Gasteiger partial charge in [0, 0.05) is 0 Å². The molecule has 0 nitrogen and oxygen atoms in total. The molecular formula is Cl4Pd-2. The third kappa shape index (κ3) is 25.6. The zero-order valence-corrected chi connectivity index (χ0v) is 6.41. The van der Waals surface area contributed by atoms with Gasteiger partial charge in [0.05, 0.1) is 0 Å². The predicted octanol–water partition coefficient (Wildman–Crippen LogP) is 2.76. The van der Waals surface area contributed by atoms with Crippen molar-refractivity contribution in [1.29, 1.82) is 0 Å². The molecule has 0 bridgehead atoms. The molecule has 0 saturated heterocycles. The van der Waals surface area contributed by atoms with Crippen LogP contribution >= 0.6 is 38.1 Å². The van der Waals surface area contributed by atoms with Gasteiger partial charge in [-0.15, -0.1) is 0 Å². The predicted molar refractivity (Wildman–Crippen MR) is 23.4 cm³/mol. The number of hydrogen-bond donors (Lipinski definition) is 0. The fraction of sp³-hybridized carbons (Fsp3) is 0. The van der Waals surface area contributed by atoms with Gasteiger partial charge in [-0.2, -0.15) is 0 Å². The van der Waals surface area contributed by atoms with E-state index in [-0.39, 0.29) is 0 Å². The first-order valence-electron chi connectivity index (χ1n) is 0.478. The molecule has 40 valence electrons. The van der Waals surface area contributed by atoms with E-state index < -0.39 is 11.5 Å². The van der Waals surface area contributed by atoms with Gasteiger partial charge in [0.25, 0.3) is 0 Å². The molecular weight excluding hydrogens is 248 g/mol. The Labute approximate surface area is 49.3 Å². The van der Waals surface area contributed by atoms with Crippen molar-refractivity contribution in [3.8, 4) is 0 Å². The minimum absolute atomic E-state index is 2.81. The number of hydrogen-bond acceptors (Lipinski definition) is 0. The van der Waals surface area contributed by atoms with Gasteiger partial charge in [0.1, 0.15) is 0 Å². The van der Waals surface area contributed by atoms with Gasteiger partial charge in [-0.3, -0.25) is 0 Å². The molecule has 0 N–H and O–H groups in total. The molecule has 0 rings (SSSR count). The van der Waals surface area contributed by atoms with E-state index >= 15 is 0 Å². The van der Waals surface area contributed by atoms with Crippen molar-refractivity contribution in [2.24, 2.45) is 0 Å². The van der Waals surface area contributed by atoms with Gasteiger partial charge in [0.15, 0.2) is 0 Å². The summed E-state index contributed by atoms with van der Waals surface area (Å²) in [6.07, 6.45) is 0. The molecule has 0 fully saturated rings. The van der Waals surface area contributed by atoms with Crippen molar-refractivity contribution in [2.75, 3.05) is 0 Å². The maximum absolute atomic E-state index is 4.98. The van der Waals surface area contributed by atoms with Crippen LogP contribution < -0.4 is 0 Å². The van der Waals surface area contributed by atoms with Crippen LogP contribution in [-0.4, -0.2) is 0 Å². The third-order valence-corrected chi connectivity index (χ3v) is 0. The Hall–Kier alpha value is 1.82. The molecule has 0 aromatic heterocycles. The van der Waals surface area contributed by atoms with Crippen LogP contribution in [0.25, 0.3) is 0 Å². The summed E-state index contributed by atoms with van der Waals surface area (Å²) in [7, 11) is 19.9. The first kappa shape index (κ1) is 6.82. The van der Waals surface area contributed by atoms with Gasteiger partial charge in [-0.25, -0.2) is 0 Å². The standard InChI is InChI=1S/4ClH.Pd/h4*1H;/q;;;;+2/p-4. The van der Waals surface area contributed by atoms with E-state index in [9.17, 15) is 0 Å². The first-order valence-corrected chi connectivity index (χ1v) is 8.49. The first-order chi connectivity index (χ1) is 2.00. The van der Waals surface area contributed by atoms with Crippen LogP contribution in [0.2, 0.25) is 0 Å². The average Bonchev–Trinajstić information content (AvgIpc) is 0.722. The molecule has 0 radical (unpaired) electrons. The summed E-state index contributed by atoms with van der Waals surface area (Å²) in [6, 6.07) is 0. The Kier molecular flexibility index (Phi) is 3.02. The quantitative estimate of drug-likeness (QED) is 0.578. The van der Waals surface area contributed by atoms with Crippen molar-refractivity contribution in [1.82, 2.24) is 0 Å². The third-order valence-electron chi connectivity index (χ3n) is 0. The summed E-state index contributed by atoms with van der Waals surface area (Å²) in [6.45, 7) is 0. The van der Waals surface area contributed by atoms with Crippen LogP contribution in [-0.2, 0) is 11.5 Å². The normalized spacial score (nSPS) is 15.2. The van der Waals surface area contributed by atoms with Crippen molar-refractivity contribution in [3.63, 3.8) is 0 Å². The Morgan fingerprint density at radius 1 is 0.800 bits per heavy atom. The van der Waals surface area contributed by atoms with E-state index in [0.717, 1.165) is 0 Å². The summed E-state index contributed by atoms with van der Waals surface area (Å²) in [5, 5.41) is 0. The maximum atomic E-state index is 4.98. The number of rotatable bonds is 0. The van der Waals surface area contributed by atoms with Gasteiger partial charge < -0.3 is 0 Å². The molecule has 0 saturated carbocycles. The average molecular weight is 248 g/mol. The van der Waals surface area contributed by atoms with Crippen LogP contribution in [0.1, 0.15) is 0 Å². The van der Waals surface area contributed by atoms with Crippen molar-refractivity contribution >= 4 is 38.1 Å². The summed E-state index contributed by atoms with van der Waals surface area (Å²) in [5.74, 6) is 0. The van der Waals surface area contributed by atoms with Crippen LogP contribution in [0, 0.1) is 0 Å². The molecule has 0 aromatic carbocycles. The molecule has 0 heterocycles. The molecule has 0 unspecified atom stereocenters. The van der Waals surface area contributed by atoms with Crippen LogP contribution in [0.3, 0.4) is 0 Å².